The van der Waals surface area contributed by atoms with Gasteiger partial charge < -0.3 is 4.57 Å². The quantitative estimate of drug-likeness (QED) is 0.585. The number of carbonyl (C=O) groups excluding carboxylic acids is 1. The molecule has 0 atom stereocenters. The number of nitrogens with zero attached hydrogens (tertiary/aromatic N) is 2. The summed E-state index contributed by atoms with van der Waals surface area (Å²) in [4.78, 5) is 14.1. The van der Waals surface area contributed by atoms with Crippen LogP contribution < -0.4 is 0 Å². The molecule has 0 aromatic carbocycles. The van der Waals surface area contributed by atoms with Crippen LogP contribution in [-0.4, -0.2) is 21.5 Å². The summed E-state index contributed by atoms with van der Waals surface area (Å²) in [5.41, 5.74) is 0. The minimum atomic E-state index is -4.86. The average molecular weight is 304 g/mol. The van der Waals surface area contributed by atoms with Crippen LogP contribution in [0.15, 0.2) is 6.20 Å². The van der Waals surface area contributed by atoms with Crippen LogP contribution in [-0.2, 0) is 7.05 Å². The molecule has 0 N–H and O–H groups in total. The first-order valence-corrected chi connectivity index (χ1v) is 4.20. The van der Waals surface area contributed by atoms with E-state index in [1.165, 1.54) is 13.2 Å². The number of aromatic nitrogens is 2. The molecule has 1 aromatic rings. The Hall–Kier alpha value is -0.600. The molecule has 0 bridgehead atoms. The summed E-state index contributed by atoms with van der Waals surface area (Å²) in [5.74, 6) is -2.50. The van der Waals surface area contributed by atoms with Gasteiger partial charge in [0.25, 0.3) is 0 Å². The number of alkyl halides is 3. The van der Waals surface area contributed by atoms with Crippen LogP contribution in [0, 0.1) is 3.70 Å². The van der Waals surface area contributed by atoms with E-state index in [1.807, 2.05) is 0 Å². The Labute approximate surface area is 85.1 Å². The van der Waals surface area contributed by atoms with Gasteiger partial charge in [-0.15, -0.1) is 0 Å². The highest BCUT2D eigenvalue weighted by atomic mass is 127. The van der Waals surface area contributed by atoms with E-state index in [2.05, 4.69) is 4.98 Å². The van der Waals surface area contributed by atoms with Crippen molar-refractivity contribution in [2.24, 2.45) is 7.05 Å². The highest BCUT2D eigenvalue weighted by Gasteiger charge is 2.41. The van der Waals surface area contributed by atoms with Crippen LogP contribution in [0.2, 0.25) is 0 Å². The standard InChI is InChI=1S/C6H4F3IN2O/c1-12-2-3(10)11-5(12)4(13)6(7,8)9/h2H,1H3. The van der Waals surface area contributed by atoms with E-state index in [1.54, 1.807) is 22.6 Å². The van der Waals surface area contributed by atoms with Crippen LogP contribution in [0.5, 0.6) is 0 Å². The second-order valence-electron chi connectivity index (χ2n) is 2.33. The molecule has 0 aliphatic rings. The van der Waals surface area contributed by atoms with Crippen LogP contribution >= 0.6 is 22.6 Å². The van der Waals surface area contributed by atoms with Gasteiger partial charge in [-0.1, -0.05) is 0 Å². The topological polar surface area (TPSA) is 34.9 Å². The predicted octanol–water partition coefficient (Wildman–Crippen LogP) is 1.77. The first kappa shape index (κ1) is 10.5. The van der Waals surface area contributed by atoms with Crippen LogP contribution in [0.3, 0.4) is 0 Å². The maximum Gasteiger partial charge on any atom is 0.458 e. The maximum atomic E-state index is 11.9. The zero-order valence-electron chi connectivity index (χ0n) is 6.39. The Balaban J connectivity index is 3.09. The van der Waals surface area contributed by atoms with Gasteiger partial charge >= 0.3 is 12.0 Å². The van der Waals surface area contributed by atoms with E-state index < -0.39 is 17.8 Å². The Morgan fingerprint density at radius 1 is 1.62 bits per heavy atom. The monoisotopic (exact) mass is 304 g/mol. The van der Waals surface area contributed by atoms with Crippen molar-refractivity contribution >= 4 is 28.4 Å². The van der Waals surface area contributed by atoms with Gasteiger partial charge in [-0.3, -0.25) is 4.79 Å². The second kappa shape index (κ2) is 3.28. The van der Waals surface area contributed by atoms with Gasteiger partial charge in [0.2, 0.25) is 0 Å². The lowest BCUT2D eigenvalue weighted by Gasteiger charge is -2.03. The Bertz CT molecular complexity index is 344. The predicted molar refractivity (Wildman–Crippen MR) is 46.3 cm³/mol. The number of Topliss-reactive ketones (excluding diaryl/α,β-unsaturated/α-hetero) is 1. The van der Waals surface area contributed by atoms with Crippen LogP contribution in [0.1, 0.15) is 10.6 Å². The van der Waals surface area contributed by atoms with Crippen molar-refractivity contribution in [1.29, 1.82) is 0 Å². The summed E-state index contributed by atoms with van der Waals surface area (Å²) in [7, 11) is 1.34. The fourth-order valence-electron chi connectivity index (χ4n) is 0.768. The first-order chi connectivity index (χ1) is 5.82. The van der Waals surface area contributed by atoms with Gasteiger partial charge in [-0.05, 0) is 22.6 Å². The number of hydrogen-bond acceptors (Lipinski definition) is 2. The van der Waals surface area contributed by atoms with E-state index in [0.29, 0.717) is 3.70 Å². The van der Waals surface area contributed by atoms with E-state index in [9.17, 15) is 18.0 Å². The number of rotatable bonds is 1. The van der Waals surface area contributed by atoms with E-state index in [4.69, 9.17) is 0 Å². The molecule has 1 aromatic heterocycles. The smallest absolute Gasteiger partial charge is 0.330 e. The molecule has 0 aliphatic heterocycles. The highest BCUT2D eigenvalue weighted by molar-refractivity contribution is 14.1. The lowest BCUT2D eigenvalue weighted by Crippen LogP contribution is -2.25. The molecule has 0 aliphatic carbocycles. The Kier molecular flexibility index (Phi) is 2.64. The lowest BCUT2D eigenvalue weighted by molar-refractivity contribution is -0.0893. The van der Waals surface area contributed by atoms with Gasteiger partial charge in [-0.25, -0.2) is 4.98 Å². The molecule has 0 unspecified atom stereocenters. The molecule has 1 heterocycles. The fraction of sp³-hybridized carbons (Fsp3) is 0.333. The van der Waals surface area contributed by atoms with E-state index >= 15 is 0 Å². The largest absolute Gasteiger partial charge is 0.458 e. The van der Waals surface area contributed by atoms with Gasteiger partial charge in [0.1, 0.15) is 3.70 Å². The fourth-order valence-corrected chi connectivity index (χ4v) is 1.41. The molecule has 0 fully saturated rings. The van der Waals surface area contributed by atoms with Gasteiger partial charge in [-0.2, -0.15) is 13.2 Å². The number of carbonyl (C=O) groups is 1. The molecule has 3 nitrogen and oxygen atoms in total. The minimum absolute atomic E-state index is 0.354. The molecule has 0 saturated carbocycles. The molecule has 1 rings (SSSR count). The summed E-state index contributed by atoms with van der Waals surface area (Å²) in [6, 6.07) is 0. The first-order valence-electron chi connectivity index (χ1n) is 3.12. The lowest BCUT2D eigenvalue weighted by atomic mass is 10.3. The van der Waals surface area contributed by atoms with E-state index in [0.717, 1.165) is 4.57 Å². The van der Waals surface area contributed by atoms with Crippen molar-refractivity contribution in [2.75, 3.05) is 0 Å². The summed E-state index contributed by atoms with van der Waals surface area (Å²) in [6.45, 7) is 0. The zero-order chi connectivity index (χ0) is 10.2. The summed E-state index contributed by atoms with van der Waals surface area (Å²) in [5, 5.41) is 0. The number of hydrogen-bond donors (Lipinski definition) is 0. The summed E-state index contributed by atoms with van der Waals surface area (Å²) < 4.78 is 37.2. The third-order valence-electron chi connectivity index (χ3n) is 1.31. The van der Waals surface area contributed by atoms with Crippen molar-refractivity contribution in [3.05, 3.63) is 15.7 Å². The third kappa shape index (κ3) is 2.20. The van der Waals surface area contributed by atoms with E-state index in [-0.39, 0.29) is 0 Å². The minimum Gasteiger partial charge on any atom is -0.330 e. The summed E-state index contributed by atoms with van der Waals surface area (Å²) >= 11 is 1.74. The zero-order valence-corrected chi connectivity index (χ0v) is 8.55. The number of halogens is 4. The SMILES string of the molecule is Cn1cc(I)nc1C(=O)C(F)(F)F. The highest BCUT2D eigenvalue weighted by Crippen LogP contribution is 2.20. The second-order valence-corrected chi connectivity index (χ2v) is 3.43. The van der Waals surface area contributed by atoms with Crippen LogP contribution in [0.25, 0.3) is 0 Å². The molecule has 0 amide bonds. The number of aryl methyl sites for hydroxylation is 1. The number of imidazole rings is 1. The Morgan fingerprint density at radius 3 is 2.46 bits per heavy atom. The molecule has 0 radical (unpaired) electrons. The molecule has 72 valence electrons. The Morgan fingerprint density at radius 2 is 2.15 bits per heavy atom. The van der Waals surface area contributed by atoms with Crippen molar-refractivity contribution in [3.63, 3.8) is 0 Å². The van der Waals surface area contributed by atoms with Crippen molar-refractivity contribution < 1.29 is 18.0 Å². The molecular formula is C6H4F3IN2O. The molecule has 13 heavy (non-hydrogen) atoms. The average Bonchev–Trinajstić information content (AvgIpc) is 2.26. The molecule has 7 heteroatoms. The van der Waals surface area contributed by atoms with Crippen LogP contribution in [0.4, 0.5) is 13.2 Å². The van der Waals surface area contributed by atoms with Gasteiger partial charge in [0.15, 0.2) is 5.82 Å². The molecule has 0 saturated heterocycles. The maximum absolute atomic E-state index is 11.9. The van der Waals surface area contributed by atoms with Gasteiger partial charge in [0.05, 0.1) is 0 Å². The van der Waals surface area contributed by atoms with Crippen molar-refractivity contribution in [2.45, 2.75) is 6.18 Å². The molecular weight excluding hydrogens is 300 g/mol. The van der Waals surface area contributed by atoms with Crippen molar-refractivity contribution in [1.82, 2.24) is 9.55 Å². The summed E-state index contributed by atoms with van der Waals surface area (Å²) in [6.07, 6.45) is -3.51. The van der Waals surface area contributed by atoms with Crippen molar-refractivity contribution in [3.8, 4) is 0 Å². The number of ketones is 1. The third-order valence-corrected chi connectivity index (χ3v) is 1.83. The normalized spacial score (nSPS) is 11.8. The van der Waals surface area contributed by atoms with Gasteiger partial charge in [0, 0.05) is 13.2 Å². The molecule has 0 spiro atoms.